The maximum atomic E-state index is 12.4. The number of hydrogen-bond acceptors (Lipinski definition) is 3. The van der Waals surface area contributed by atoms with Crippen molar-refractivity contribution >= 4 is 28.4 Å². The Kier molecular flexibility index (Phi) is 3.92. The van der Waals surface area contributed by atoms with Crippen LogP contribution in [0.4, 0.5) is 0 Å². The van der Waals surface area contributed by atoms with Gasteiger partial charge >= 0.3 is 5.97 Å². The highest BCUT2D eigenvalue weighted by atomic mass is 16.4. The van der Waals surface area contributed by atoms with Crippen LogP contribution in [0.2, 0.25) is 0 Å². The lowest BCUT2D eigenvalue weighted by molar-refractivity contribution is 0.0693. The number of aromatic nitrogens is 1. The molecule has 0 atom stereocenters. The van der Waals surface area contributed by atoms with Crippen molar-refractivity contribution in [2.75, 3.05) is 0 Å². The highest BCUT2D eigenvalue weighted by molar-refractivity contribution is 6.13. The molecule has 0 aliphatic carbocycles. The number of aryl methyl sites for hydroxylation is 1. The van der Waals surface area contributed by atoms with Gasteiger partial charge in [0.1, 0.15) is 5.76 Å². The Labute approximate surface area is 138 Å². The largest absolute Gasteiger partial charge is 0.507 e. The van der Waals surface area contributed by atoms with E-state index in [9.17, 15) is 19.8 Å². The molecule has 2 N–H and O–H groups in total. The topological polar surface area (TPSA) is 79.5 Å². The van der Waals surface area contributed by atoms with Crippen LogP contribution in [0.3, 0.4) is 0 Å². The molecule has 5 heteroatoms. The van der Waals surface area contributed by atoms with Gasteiger partial charge in [0, 0.05) is 41.4 Å². The minimum Gasteiger partial charge on any atom is -0.507 e. The van der Waals surface area contributed by atoms with Gasteiger partial charge in [-0.2, -0.15) is 0 Å². The van der Waals surface area contributed by atoms with E-state index in [1.54, 1.807) is 18.3 Å². The summed E-state index contributed by atoms with van der Waals surface area (Å²) in [5.74, 6) is -1.94. The van der Waals surface area contributed by atoms with Crippen LogP contribution in [0.25, 0.3) is 16.7 Å². The number of benzene rings is 2. The fourth-order valence-electron chi connectivity index (χ4n) is 2.71. The molecule has 3 rings (SSSR count). The zero-order valence-electron chi connectivity index (χ0n) is 12.9. The second-order valence-electron chi connectivity index (χ2n) is 5.42. The van der Waals surface area contributed by atoms with Crippen molar-refractivity contribution in [3.05, 3.63) is 77.5 Å². The van der Waals surface area contributed by atoms with Crippen molar-refractivity contribution in [1.82, 2.24) is 4.57 Å². The third-order valence-corrected chi connectivity index (χ3v) is 3.86. The Bertz CT molecular complexity index is 982. The number of carboxylic acids is 1. The fraction of sp³-hybridized carbons (Fsp3) is 0.0526. The van der Waals surface area contributed by atoms with Gasteiger partial charge in [0.25, 0.3) is 0 Å². The minimum absolute atomic E-state index is 0.0387. The predicted octanol–water partition coefficient (Wildman–Crippen LogP) is 3.66. The quantitative estimate of drug-likeness (QED) is 0.436. The van der Waals surface area contributed by atoms with Gasteiger partial charge in [-0.05, 0) is 12.1 Å². The SMILES string of the molecule is Cn1cc(/C(O)=C/C(=O)c2ccccc2C(=O)O)c2ccccc21. The summed E-state index contributed by atoms with van der Waals surface area (Å²) in [4.78, 5) is 23.6. The van der Waals surface area contributed by atoms with Crippen LogP contribution in [-0.4, -0.2) is 26.5 Å². The van der Waals surface area contributed by atoms with Gasteiger partial charge in [-0.1, -0.05) is 36.4 Å². The van der Waals surface area contributed by atoms with Crippen LogP contribution in [0.15, 0.2) is 60.8 Å². The molecule has 0 unspecified atom stereocenters. The number of fused-ring (bicyclic) bond motifs is 1. The Balaban J connectivity index is 2.05. The lowest BCUT2D eigenvalue weighted by Gasteiger charge is -2.03. The maximum absolute atomic E-state index is 12.4. The molecule has 0 saturated carbocycles. The van der Waals surface area contributed by atoms with E-state index in [-0.39, 0.29) is 16.9 Å². The van der Waals surface area contributed by atoms with Crippen molar-refractivity contribution in [1.29, 1.82) is 0 Å². The van der Waals surface area contributed by atoms with Crippen LogP contribution in [0.1, 0.15) is 26.3 Å². The van der Waals surface area contributed by atoms with Gasteiger partial charge in [0.15, 0.2) is 5.78 Å². The third-order valence-electron chi connectivity index (χ3n) is 3.86. The molecule has 0 radical (unpaired) electrons. The third kappa shape index (κ3) is 2.67. The van der Waals surface area contributed by atoms with E-state index in [0.29, 0.717) is 5.56 Å². The van der Waals surface area contributed by atoms with E-state index >= 15 is 0 Å². The van der Waals surface area contributed by atoms with E-state index in [1.807, 2.05) is 35.9 Å². The summed E-state index contributed by atoms with van der Waals surface area (Å²) in [7, 11) is 1.85. The van der Waals surface area contributed by atoms with Crippen molar-refractivity contribution in [3.8, 4) is 0 Å². The number of para-hydroxylation sites is 1. The van der Waals surface area contributed by atoms with Crippen LogP contribution in [0.5, 0.6) is 0 Å². The van der Waals surface area contributed by atoms with Gasteiger partial charge in [0.05, 0.1) is 5.56 Å². The number of carbonyl (C=O) groups is 2. The molecule has 0 saturated heterocycles. The van der Waals surface area contributed by atoms with Gasteiger partial charge in [-0.15, -0.1) is 0 Å². The van der Waals surface area contributed by atoms with Crippen LogP contribution < -0.4 is 0 Å². The molecule has 0 fully saturated rings. The van der Waals surface area contributed by atoms with Crippen molar-refractivity contribution in [2.45, 2.75) is 0 Å². The Morgan fingerprint density at radius 3 is 2.25 bits per heavy atom. The van der Waals surface area contributed by atoms with E-state index in [4.69, 9.17) is 0 Å². The molecule has 2 aromatic carbocycles. The number of nitrogens with zero attached hydrogens (tertiary/aromatic N) is 1. The van der Waals surface area contributed by atoms with Crippen molar-refractivity contribution in [3.63, 3.8) is 0 Å². The lowest BCUT2D eigenvalue weighted by atomic mass is 10.0. The summed E-state index contributed by atoms with van der Waals surface area (Å²) in [5, 5.41) is 20.4. The zero-order valence-corrected chi connectivity index (χ0v) is 12.9. The molecular weight excluding hydrogens is 306 g/mol. The number of carboxylic acid groups (broad SMARTS) is 1. The number of rotatable bonds is 4. The Morgan fingerprint density at radius 2 is 1.54 bits per heavy atom. The highest BCUT2D eigenvalue weighted by Crippen LogP contribution is 2.25. The van der Waals surface area contributed by atoms with Gasteiger partial charge in [-0.3, -0.25) is 4.79 Å². The number of hydrogen-bond donors (Lipinski definition) is 2. The number of allylic oxidation sites excluding steroid dienone is 1. The summed E-state index contributed by atoms with van der Waals surface area (Å²) < 4.78 is 1.85. The summed E-state index contributed by atoms with van der Waals surface area (Å²) in [5.41, 5.74) is 1.39. The first-order valence-corrected chi connectivity index (χ1v) is 7.31. The van der Waals surface area contributed by atoms with Crippen molar-refractivity contribution < 1.29 is 19.8 Å². The monoisotopic (exact) mass is 321 g/mol. The second kappa shape index (κ2) is 6.04. The maximum Gasteiger partial charge on any atom is 0.336 e. The molecule has 0 spiro atoms. The first-order chi connectivity index (χ1) is 11.5. The lowest BCUT2D eigenvalue weighted by Crippen LogP contribution is -2.07. The van der Waals surface area contributed by atoms with Crippen molar-refractivity contribution in [2.24, 2.45) is 7.05 Å². The number of ketones is 1. The summed E-state index contributed by atoms with van der Waals surface area (Å²) in [6.45, 7) is 0. The average molecular weight is 321 g/mol. The first kappa shape index (κ1) is 15.6. The average Bonchev–Trinajstić information content (AvgIpc) is 2.92. The molecule has 0 bridgehead atoms. The number of aliphatic hydroxyl groups excluding tert-OH is 1. The molecule has 120 valence electrons. The molecule has 0 aliphatic rings. The van der Waals surface area contributed by atoms with Crippen LogP contribution in [0, 0.1) is 0 Å². The molecule has 0 amide bonds. The Hall–Kier alpha value is -3.34. The molecule has 5 nitrogen and oxygen atoms in total. The standard InChI is InChI=1S/C19H15NO4/c1-20-11-15(12-6-4-5-9-16(12)20)18(22)10-17(21)13-7-2-3-8-14(13)19(23)24/h2-11,22H,1H3,(H,23,24)/b18-10-. The van der Waals surface area contributed by atoms with E-state index < -0.39 is 11.8 Å². The molecule has 3 aromatic rings. The summed E-state index contributed by atoms with van der Waals surface area (Å²) in [6, 6.07) is 13.4. The van der Waals surface area contributed by atoms with Gasteiger partial charge in [-0.25, -0.2) is 4.79 Å². The number of aliphatic hydroxyl groups is 1. The van der Waals surface area contributed by atoms with E-state index in [1.165, 1.54) is 12.1 Å². The van der Waals surface area contributed by atoms with Crippen LogP contribution in [-0.2, 0) is 7.05 Å². The fourth-order valence-corrected chi connectivity index (χ4v) is 2.71. The number of aromatic carboxylic acids is 1. The highest BCUT2D eigenvalue weighted by Gasteiger charge is 2.16. The van der Waals surface area contributed by atoms with E-state index in [0.717, 1.165) is 17.0 Å². The molecule has 1 heterocycles. The zero-order chi connectivity index (χ0) is 17.3. The second-order valence-corrected chi connectivity index (χ2v) is 5.42. The summed E-state index contributed by atoms with van der Waals surface area (Å²) in [6.07, 6.45) is 2.79. The number of carbonyl (C=O) groups excluding carboxylic acids is 1. The molecule has 0 aliphatic heterocycles. The smallest absolute Gasteiger partial charge is 0.336 e. The normalized spacial score (nSPS) is 11.6. The van der Waals surface area contributed by atoms with Gasteiger partial charge in [0.2, 0.25) is 0 Å². The van der Waals surface area contributed by atoms with Gasteiger partial charge < -0.3 is 14.8 Å². The predicted molar refractivity (Wildman–Crippen MR) is 91.3 cm³/mol. The summed E-state index contributed by atoms with van der Waals surface area (Å²) >= 11 is 0. The van der Waals surface area contributed by atoms with Crippen LogP contribution >= 0.6 is 0 Å². The first-order valence-electron chi connectivity index (χ1n) is 7.31. The molecule has 1 aromatic heterocycles. The molecule has 24 heavy (non-hydrogen) atoms. The Morgan fingerprint density at radius 1 is 0.917 bits per heavy atom. The molecular formula is C19H15NO4. The minimum atomic E-state index is -1.18. The van der Waals surface area contributed by atoms with E-state index in [2.05, 4.69) is 0 Å².